The number of ether oxygens (including phenoxy) is 1. The number of para-hydroxylation sites is 1. The third-order valence-corrected chi connectivity index (χ3v) is 4.72. The fraction of sp³-hybridized carbons (Fsp3) is 0.300. The summed E-state index contributed by atoms with van der Waals surface area (Å²) in [6.45, 7) is 7.25. The lowest BCUT2D eigenvalue weighted by atomic mass is 9.86. The standard InChI is InChI=1S/C20H21N3O2/c1-13-6-5-9-23-11-14(22-18(13)23)10-21-19(24)15-7-4-8-16-17(15)25-12-20(16,2)3/h4-9,11H,10,12H2,1-3H3,(H,21,24). The fourth-order valence-corrected chi connectivity index (χ4v) is 3.29. The van der Waals surface area contributed by atoms with Crippen LogP contribution in [0, 0.1) is 6.92 Å². The number of amides is 1. The molecule has 128 valence electrons. The summed E-state index contributed by atoms with van der Waals surface area (Å²) < 4.78 is 7.78. The Kier molecular flexibility index (Phi) is 3.53. The Morgan fingerprint density at radius 1 is 1.32 bits per heavy atom. The summed E-state index contributed by atoms with van der Waals surface area (Å²) >= 11 is 0. The minimum atomic E-state index is -0.136. The number of imidazole rings is 1. The minimum Gasteiger partial charge on any atom is -0.492 e. The third-order valence-electron chi connectivity index (χ3n) is 4.72. The van der Waals surface area contributed by atoms with Crippen LogP contribution in [0.3, 0.4) is 0 Å². The van der Waals surface area contributed by atoms with Crippen LogP contribution in [-0.4, -0.2) is 21.9 Å². The number of nitrogens with zero attached hydrogens (tertiary/aromatic N) is 2. The molecule has 1 N–H and O–H groups in total. The number of fused-ring (bicyclic) bond motifs is 2. The Morgan fingerprint density at radius 2 is 2.16 bits per heavy atom. The van der Waals surface area contributed by atoms with Crippen molar-refractivity contribution >= 4 is 11.6 Å². The zero-order chi connectivity index (χ0) is 17.6. The van der Waals surface area contributed by atoms with Gasteiger partial charge in [-0.2, -0.15) is 0 Å². The van der Waals surface area contributed by atoms with E-state index >= 15 is 0 Å². The van der Waals surface area contributed by atoms with E-state index in [4.69, 9.17) is 4.74 Å². The van der Waals surface area contributed by atoms with Gasteiger partial charge in [0.25, 0.3) is 5.91 Å². The molecule has 4 rings (SSSR count). The zero-order valence-electron chi connectivity index (χ0n) is 14.7. The molecular weight excluding hydrogens is 314 g/mol. The van der Waals surface area contributed by atoms with Gasteiger partial charge in [-0.3, -0.25) is 4.79 Å². The molecule has 5 heteroatoms. The molecule has 1 amide bonds. The summed E-state index contributed by atoms with van der Waals surface area (Å²) in [7, 11) is 0. The van der Waals surface area contributed by atoms with Gasteiger partial charge in [-0.25, -0.2) is 4.98 Å². The minimum absolute atomic E-state index is 0.0647. The van der Waals surface area contributed by atoms with Gasteiger partial charge in [0.15, 0.2) is 0 Å². The van der Waals surface area contributed by atoms with E-state index in [1.54, 1.807) is 0 Å². The summed E-state index contributed by atoms with van der Waals surface area (Å²) in [5.74, 6) is 0.569. The Morgan fingerprint density at radius 3 is 2.96 bits per heavy atom. The largest absolute Gasteiger partial charge is 0.492 e. The highest BCUT2D eigenvalue weighted by atomic mass is 16.5. The lowest BCUT2D eigenvalue weighted by molar-refractivity contribution is 0.0947. The van der Waals surface area contributed by atoms with Crippen LogP contribution in [0.15, 0.2) is 42.7 Å². The maximum absolute atomic E-state index is 12.6. The molecule has 3 heterocycles. The lowest BCUT2D eigenvalue weighted by Crippen LogP contribution is -2.23. The highest BCUT2D eigenvalue weighted by Crippen LogP contribution is 2.40. The number of carbonyl (C=O) groups excluding carboxylic acids is 1. The summed E-state index contributed by atoms with van der Waals surface area (Å²) in [6.07, 6.45) is 3.90. The van der Waals surface area contributed by atoms with Crippen molar-refractivity contribution in [1.82, 2.24) is 14.7 Å². The highest BCUT2D eigenvalue weighted by molar-refractivity contribution is 5.97. The van der Waals surface area contributed by atoms with Crippen molar-refractivity contribution in [1.29, 1.82) is 0 Å². The molecule has 0 saturated carbocycles. The monoisotopic (exact) mass is 335 g/mol. The van der Waals surface area contributed by atoms with E-state index in [0.29, 0.717) is 24.5 Å². The Labute approximate surface area is 146 Å². The van der Waals surface area contributed by atoms with Crippen LogP contribution in [0.2, 0.25) is 0 Å². The maximum atomic E-state index is 12.6. The van der Waals surface area contributed by atoms with Crippen molar-refractivity contribution in [3.8, 4) is 5.75 Å². The number of rotatable bonds is 3. The van der Waals surface area contributed by atoms with Gasteiger partial charge in [-0.15, -0.1) is 0 Å². The first-order valence-electron chi connectivity index (χ1n) is 8.43. The second-order valence-corrected chi connectivity index (χ2v) is 7.19. The van der Waals surface area contributed by atoms with Gasteiger partial charge < -0.3 is 14.5 Å². The van der Waals surface area contributed by atoms with Crippen LogP contribution in [-0.2, 0) is 12.0 Å². The molecule has 5 nitrogen and oxygen atoms in total. The molecule has 0 bridgehead atoms. The topological polar surface area (TPSA) is 55.6 Å². The molecule has 0 aliphatic carbocycles. The van der Waals surface area contributed by atoms with E-state index in [9.17, 15) is 4.79 Å². The quantitative estimate of drug-likeness (QED) is 0.799. The van der Waals surface area contributed by atoms with Crippen molar-refractivity contribution in [3.05, 3.63) is 65.1 Å². The molecular formula is C20H21N3O2. The number of pyridine rings is 1. The Balaban J connectivity index is 1.55. The first-order valence-corrected chi connectivity index (χ1v) is 8.43. The van der Waals surface area contributed by atoms with E-state index in [1.807, 2.05) is 54.0 Å². The van der Waals surface area contributed by atoms with E-state index in [1.165, 1.54) is 0 Å². The third kappa shape index (κ3) is 2.65. The number of carbonyl (C=O) groups is 1. The van der Waals surface area contributed by atoms with Gasteiger partial charge in [0.2, 0.25) is 0 Å². The van der Waals surface area contributed by atoms with Crippen LogP contribution in [0.25, 0.3) is 5.65 Å². The molecule has 0 fully saturated rings. The van der Waals surface area contributed by atoms with Crippen LogP contribution < -0.4 is 10.1 Å². The molecule has 25 heavy (non-hydrogen) atoms. The first-order chi connectivity index (χ1) is 12.0. The van der Waals surface area contributed by atoms with E-state index in [-0.39, 0.29) is 11.3 Å². The number of aromatic nitrogens is 2. The number of nitrogens with one attached hydrogen (secondary N) is 1. The number of benzene rings is 1. The number of aryl methyl sites for hydroxylation is 1. The predicted molar refractivity (Wildman–Crippen MR) is 96.1 cm³/mol. The highest BCUT2D eigenvalue weighted by Gasteiger charge is 2.34. The SMILES string of the molecule is Cc1cccn2cc(CNC(=O)c3cccc4c3OCC4(C)C)nc12. The molecule has 0 unspecified atom stereocenters. The molecule has 0 atom stereocenters. The van der Waals surface area contributed by atoms with Crippen LogP contribution in [0.1, 0.15) is 41.0 Å². The Bertz CT molecular complexity index is 972. The van der Waals surface area contributed by atoms with Gasteiger partial charge in [-0.1, -0.05) is 32.0 Å². The van der Waals surface area contributed by atoms with Crippen LogP contribution in [0.5, 0.6) is 5.75 Å². The second-order valence-electron chi connectivity index (χ2n) is 7.19. The smallest absolute Gasteiger partial charge is 0.255 e. The van der Waals surface area contributed by atoms with E-state index < -0.39 is 0 Å². The molecule has 0 spiro atoms. The average Bonchev–Trinajstić information content (AvgIpc) is 3.15. The van der Waals surface area contributed by atoms with E-state index in [2.05, 4.69) is 24.1 Å². The van der Waals surface area contributed by atoms with Crippen molar-refractivity contribution in [2.24, 2.45) is 0 Å². The molecule has 3 aromatic rings. The van der Waals surface area contributed by atoms with Gasteiger partial charge in [-0.05, 0) is 24.6 Å². The second kappa shape index (κ2) is 5.62. The Hall–Kier alpha value is -2.82. The summed E-state index contributed by atoms with van der Waals surface area (Å²) in [6, 6.07) is 9.77. The van der Waals surface area contributed by atoms with Crippen molar-refractivity contribution in [2.75, 3.05) is 6.61 Å². The van der Waals surface area contributed by atoms with Gasteiger partial charge >= 0.3 is 0 Å². The van der Waals surface area contributed by atoms with Crippen molar-refractivity contribution in [2.45, 2.75) is 32.7 Å². The van der Waals surface area contributed by atoms with Crippen LogP contribution >= 0.6 is 0 Å². The van der Waals surface area contributed by atoms with Gasteiger partial charge in [0, 0.05) is 23.4 Å². The zero-order valence-corrected chi connectivity index (χ0v) is 14.7. The molecule has 1 aliphatic heterocycles. The van der Waals surface area contributed by atoms with Gasteiger partial charge in [0.05, 0.1) is 24.4 Å². The van der Waals surface area contributed by atoms with E-state index in [0.717, 1.165) is 22.5 Å². The number of hydrogen-bond acceptors (Lipinski definition) is 3. The lowest BCUT2D eigenvalue weighted by Gasteiger charge is -2.15. The molecule has 0 radical (unpaired) electrons. The number of hydrogen-bond donors (Lipinski definition) is 1. The van der Waals surface area contributed by atoms with Gasteiger partial charge in [0.1, 0.15) is 11.4 Å². The predicted octanol–water partition coefficient (Wildman–Crippen LogP) is 3.24. The first kappa shape index (κ1) is 15.7. The van der Waals surface area contributed by atoms with Crippen LogP contribution in [0.4, 0.5) is 0 Å². The molecule has 1 aromatic carbocycles. The maximum Gasteiger partial charge on any atom is 0.255 e. The summed E-state index contributed by atoms with van der Waals surface area (Å²) in [4.78, 5) is 17.2. The average molecular weight is 335 g/mol. The fourth-order valence-electron chi connectivity index (χ4n) is 3.29. The summed E-state index contributed by atoms with van der Waals surface area (Å²) in [5.41, 5.74) is 4.46. The van der Waals surface area contributed by atoms with Crippen molar-refractivity contribution in [3.63, 3.8) is 0 Å². The molecule has 0 saturated heterocycles. The van der Waals surface area contributed by atoms with Crippen molar-refractivity contribution < 1.29 is 9.53 Å². The molecule has 1 aliphatic rings. The molecule has 2 aromatic heterocycles. The summed E-state index contributed by atoms with van der Waals surface area (Å²) in [5, 5.41) is 2.96. The normalized spacial score (nSPS) is 15.0.